The van der Waals surface area contributed by atoms with E-state index in [1.54, 1.807) is 0 Å². The first kappa shape index (κ1) is 11.9. The van der Waals surface area contributed by atoms with Gasteiger partial charge in [0, 0.05) is 0 Å². The Bertz CT molecular complexity index is 189. The molecule has 0 saturated heterocycles. The summed E-state index contributed by atoms with van der Waals surface area (Å²) in [6.07, 6.45) is -1.16. The van der Waals surface area contributed by atoms with Gasteiger partial charge in [0.25, 0.3) is 0 Å². The van der Waals surface area contributed by atoms with Crippen molar-refractivity contribution in [3.8, 4) is 0 Å². The van der Waals surface area contributed by atoms with Crippen molar-refractivity contribution in [2.24, 2.45) is 5.92 Å². The van der Waals surface area contributed by atoms with Crippen LogP contribution in [0.25, 0.3) is 0 Å². The Morgan fingerprint density at radius 3 is 2.38 bits per heavy atom. The van der Waals surface area contributed by atoms with E-state index in [1.807, 2.05) is 0 Å². The molecule has 0 spiro atoms. The minimum absolute atomic E-state index is 0.396. The molecule has 0 heterocycles. The summed E-state index contributed by atoms with van der Waals surface area (Å²) in [5, 5.41) is 25.5. The molecule has 13 heavy (non-hydrogen) atoms. The van der Waals surface area contributed by atoms with Crippen LogP contribution in [0.3, 0.4) is 0 Å². The predicted molar refractivity (Wildman–Crippen MR) is 40.9 cm³/mol. The van der Waals surface area contributed by atoms with Gasteiger partial charge >= 0.3 is 11.9 Å². The van der Waals surface area contributed by atoms with E-state index >= 15 is 0 Å². The Morgan fingerprint density at radius 2 is 2.00 bits per heavy atom. The van der Waals surface area contributed by atoms with Gasteiger partial charge in [0.15, 0.2) is 5.92 Å². The first-order valence-corrected chi connectivity index (χ1v) is 3.67. The van der Waals surface area contributed by atoms with Crippen molar-refractivity contribution in [3.05, 3.63) is 0 Å². The molecule has 0 aliphatic heterocycles. The summed E-state index contributed by atoms with van der Waals surface area (Å²) >= 11 is 0. The second kappa shape index (κ2) is 5.50. The normalized spacial score (nSPS) is 14.7. The summed E-state index contributed by atoms with van der Waals surface area (Å²) in [7, 11) is 0. The van der Waals surface area contributed by atoms with Crippen LogP contribution in [0.2, 0.25) is 0 Å². The monoisotopic (exact) mass is 192 g/mol. The molecule has 0 aromatic carbocycles. The highest BCUT2D eigenvalue weighted by molar-refractivity contribution is 5.93. The molecule has 0 bridgehead atoms. The molecule has 0 aliphatic carbocycles. The summed E-state index contributed by atoms with van der Waals surface area (Å²) in [6.45, 7) is 0.248. The van der Waals surface area contributed by atoms with Gasteiger partial charge in [-0.05, 0) is 6.92 Å². The minimum atomic E-state index is -1.29. The third-order valence-electron chi connectivity index (χ3n) is 1.35. The standard InChI is InChI=1S/C7H12O6/c1-4(6(10)11)7(12)13-3-5(9)2-8/h4-5,8-9H,2-3H2,1H3,(H,10,11). The van der Waals surface area contributed by atoms with Crippen LogP contribution in [0.1, 0.15) is 6.92 Å². The van der Waals surface area contributed by atoms with Gasteiger partial charge in [0.2, 0.25) is 0 Å². The highest BCUT2D eigenvalue weighted by atomic mass is 16.5. The van der Waals surface area contributed by atoms with Gasteiger partial charge in [-0.15, -0.1) is 0 Å². The van der Waals surface area contributed by atoms with E-state index in [9.17, 15) is 9.59 Å². The van der Waals surface area contributed by atoms with E-state index in [-0.39, 0.29) is 0 Å². The molecule has 6 nitrogen and oxygen atoms in total. The fraction of sp³-hybridized carbons (Fsp3) is 0.714. The van der Waals surface area contributed by atoms with E-state index < -0.39 is 37.2 Å². The van der Waals surface area contributed by atoms with Gasteiger partial charge in [-0.3, -0.25) is 9.59 Å². The Kier molecular flexibility index (Phi) is 5.01. The predicted octanol–water partition coefficient (Wildman–Crippen LogP) is -1.40. The van der Waals surface area contributed by atoms with Crippen LogP contribution in [-0.2, 0) is 14.3 Å². The fourth-order valence-corrected chi connectivity index (χ4v) is 0.457. The molecule has 0 aliphatic rings. The lowest BCUT2D eigenvalue weighted by Gasteiger charge is -2.10. The molecule has 0 fully saturated rings. The van der Waals surface area contributed by atoms with E-state index in [4.69, 9.17) is 15.3 Å². The van der Waals surface area contributed by atoms with Gasteiger partial charge in [-0.1, -0.05) is 0 Å². The second-order valence-corrected chi connectivity index (χ2v) is 2.53. The molecule has 3 N–H and O–H groups in total. The van der Waals surface area contributed by atoms with Gasteiger partial charge in [-0.2, -0.15) is 0 Å². The van der Waals surface area contributed by atoms with Gasteiger partial charge in [-0.25, -0.2) is 0 Å². The first-order chi connectivity index (χ1) is 5.99. The van der Waals surface area contributed by atoms with Crippen LogP contribution >= 0.6 is 0 Å². The smallest absolute Gasteiger partial charge is 0.320 e. The summed E-state index contributed by atoms with van der Waals surface area (Å²) in [4.78, 5) is 21.1. The lowest BCUT2D eigenvalue weighted by Crippen LogP contribution is -2.28. The van der Waals surface area contributed by atoms with Gasteiger partial charge in [0.05, 0.1) is 6.61 Å². The van der Waals surface area contributed by atoms with Crippen molar-refractivity contribution in [2.45, 2.75) is 13.0 Å². The number of carboxylic acid groups (broad SMARTS) is 1. The molecule has 76 valence electrons. The summed E-state index contributed by atoms with van der Waals surface area (Å²) < 4.78 is 4.39. The fourth-order valence-electron chi connectivity index (χ4n) is 0.457. The third kappa shape index (κ3) is 4.44. The largest absolute Gasteiger partial charge is 0.481 e. The summed E-state index contributed by atoms with van der Waals surface area (Å²) in [6, 6.07) is 0. The van der Waals surface area contributed by atoms with Crippen LogP contribution in [-0.4, -0.2) is 46.6 Å². The molecule has 0 aromatic heterocycles. The maximum absolute atomic E-state index is 10.8. The number of rotatable bonds is 5. The van der Waals surface area contributed by atoms with E-state index in [0.29, 0.717) is 0 Å². The molecular weight excluding hydrogens is 180 g/mol. The molecule has 0 radical (unpaired) electrons. The van der Waals surface area contributed by atoms with Crippen LogP contribution in [0.4, 0.5) is 0 Å². The number of hydrogen-bond donors (Lipinski definition) is 3. The summed E-state index contributed by atoms with van der Waals surface area (Å²) in [5.41, 5.74) is 0. The molecule has 0 saturated carbocycles. The molecule has 2 atom stereocenters. The van der Waals surface area contributed by atoms with Crippen LogP contribution < -0.4 is 0 Å². The highest BCUT2D eigenvalue weighted by Crippen LogP contribution is 1.99. The lowest BCUT2D eigenvalue weighted by atomic mass is 10.2. The highest BCUT2D eigenvalue weighted by Gasteiger charge is 2.22. The number of esters is 1. The zero-order valence-corrected chi connectivity index (χ0v) is 7.14. The number of aliphatic carboxylic acids is 1. The maximum atomic E-state index is 10.8. The van der Waals surface area contributed by atoms with E-state index in [1.165, 1.54) is 6.92 Å². The van der Waals surface area contributed by atoms with E-state index in [0.717, 1.165) is 0 Å². The SMILES string of the molecule is CC(C(=O)O)C(=O)OCC(O)CO. The molecule has 0 aromatic rings. The van der Waals surface area contributed by atoms with Gasteiger partial charge in [0.1, 0.15) is 12.7 Å². The Balaban J connectivity index is 3.81. The van der Waals surface area contributed by atoms with Crippen LogP contribution in [0.5, 0.6) is 0 Å². The number of ether oxygens (including phenoxy) is 1. The molecule has 2 unspecified atom stereocenters. The summed E-state index contributed by atoms with van der Waals surface area (Å²) in [5.74, 6) is -3.48. The minimum Gasteiger partial charge on any atom is -0.481 e. The zero-order chi connectivity index (χ0) is 10.4. The number of carboxylic acids is 1. The Hall–Kier alpha value is -1.14. The number of aliphatic hydroxyl groups excluding tert-OH is 2. The van der Waals surface area contributed by atoms with Crippen molar-refractivity contribution in [3.63, 3.8) is 0 Å². The average molecular weight is 192 g/mol. The third-order valence-corrected chi connectivity index (χ3v) is 1.35. The molecule has 0 rings (SSSR count). The number of aliphatic hydroxyl groups is 2. The topological polar surface area (TPSA) is 104 Å². The van der Waals surface area contributed by atoms with Crippen molar-refractivity contribution in [1.29, 1.82) is 0 Å². The van der Waals surface area contributed by atoms with Crippen LogP contribution in [0, 0.1) is 5.92 Å². The number of carbonyl (C=O) groups excluding carboxylic acids is 1. The van der Waals surface area contributed by atoms with Crippen molar-refractivity contribution in [2.75, 3.05) is 13.2 Å². The molecule has 6 heteroatoms. The number of carbonyl (C=O) groups is 2. The van der Waals surface area contributed by atoms with Crippen molar-refractivity contribution < 1.29 is 29.6 Å². The van der Waals surface area contributed by atoms with Crippen LogP contribution in [0.15, 0.2) is 0 Å². The van der Waals surface area contributed by atoms with Crippen molar-refractivity contribution >= 4 is 11.9 Å². The van der Waals surface area contributed by atoms with Gasteiger partial charge < -0.3 is 20.1 Å². The Labute approximate surface area is 74.7 Å². The quantitative estimate of drug-likeness (QED) is 0.365. The Morgan fingerprint density at radius 1 is 1.46 bits per heavy atom. The second-order valence-electron chi connectivity index (χ2n) is 2.53. The van der Waals surface area contributed by atoms with E-state index in [2.05, 4.69) is 4.74 Å². The number of hydrogen-bond acceptors (Lipinski definition) is 5. The molecular formula is C7H12O6. The zero-order valence-electron chi connectivity index (χ0n) is 7.14. The average Bonchev–Trinajstić information content (AvgIpc) is 2.11. The van der Waals surface area contributed by atoms with Crippen molar-refractivity contribution in [1.82, 2.24) is 0 Å². The first-order valence-electron chi connectivity index (χ1n) is 3.67. The maximum Gasteiger partial charge on any atom is 0.320 e. The lowest BCUT2D eigenvalue weighted by molar-refractivity contribution is -0.160. The molecule has 0 amide bonds.